The smallest absolute Gasteiger partial charge is 0.243 e. The van der Waals surface area contributed by atoms with E-state index in [1.807, 2.05) is 24.3 Å². The number of nitrogens with zero attached hydrogens (tertiary/aromatic N) is 1. The fraction of sp³-hybridized carbons (Fsp3) is 0.409. The van der Waals surface area contributed by atoms with Gasteiger partial charge in [-0.25, -0.2) is 0 Å². The number of amides is 1. The molecule has 138 valence electrons. The number of carbonyl (C=O) groups excluding carboxylic acids is 1. The molecular formula is C22H29N3O. The number of hydrogen-bond donors (Lipinski definition) is 2. The van der Waals surface area contributed by atoms with Crippen LogP contribution in [0.2, 0.25) is 0 Å². The molecule has 0 unspecified atom stereocenters. The first-order valence-electron chi connectivity index (χ1n) is 9.41. The van der Waals surface area contributed by atoms with E-state index >= 15 is 0 Å². The lowest BCUT2D eigenvalue weighted by Crippen LogP contribution is -2.22. The van der Waals surface area contributed by atoms with Gasteiger partial charge in [-0.1, -0.05) is 32.9 Å². The van der Waals surface area contributed by atoms with Crippen molar-refractivity contribution in [2.24, 2.45) is 0 Å². The van der Waals surface area contributed by atoms with Crippen LogP contribution >= 0.6 is 0 Å². The molecule has 0 bridgehead atoms. The zero-order valence-corrected chi connectivity index (χ0v) is 16.0. The molecule has 0 aliphatic carbocycles. The van der Waals surface area contributed by atoms with Crippen molar-refractivity contribution in [3.63, 3.8) is 0 Å². The van der Waals surface area contributed by atoms with Crippen molar-refractivity contribution in [2.45, 2.75) is 39.0 Å². The van der Waals surface area contributed by atoms with Crippen molar-refractivity contribution in [1.82, 2.24) is 0 Å². The highest BCUT2D eigenvalue weighted by Gasteiger charge is 2.13. The van der Waals surface area contributed by atoms with E-state index in [1.54, 1.807) is 0 Å². The van der Waals surface area contributed by atoms with E-state index in [1.165, 1.54) is 24.1 Å². The Kier molecular flexibility index (Phi) is 5.50. The molecule has 1 aliphatic heterocycles. The van der Waals surface area contributed by atoms with E-state index in [4.69, 9.17) is 0 Å². The summed E-state index contributed by atoms with van der Waals surface area (Å²) >= 11 is 0. The molecule has 0 saturated carbocycles. The molecule has 1 fully saturated rings. The van der Waals surface area contributed by atoms with Gasteiger partial charge >= 0.3 is 0 Å². The Morgan fingerprint density at radius 3 is 2.08 bits per heavy atom. The average molecular weight is 351 g/mol. The SMILES string of the molecule is CC(C)(C)c1ccc(NCC(=O)Nc2ccc(N3CCCC3)cc2)cc1. The maximum Gasteiger partial charge on any atom is 0.243 e. The van der Waals surface area contributed by atoms with Crippen LogP contribution in [0.25, 0.3) is 0 Å². The molecule has 0 radical (unpaired) electrons. The predicted molar refractivity (Wildman–Crippen MR) is 110 cm³/mol. The van der Waals surface area contributed by atoms with Gasteiger partial charge in [0.2, 0.25) is 5.91 Å². The van der Waals surface area contributed by atoms with Crippen LogP contribution < -0.4 is 15.5 Å². The van der Waals surface area contributed by atoms with E-state index in [-0.39, 0.29) is 17.9 Å². The average Bonchev–Trinajstić information content (AvgIpc) is 3.15. The number of nitrogens with one attached hydrogen (secondary N) is 2. The van der Waals surface area contributed by atoms with Crippen LogP contribution in [0.3, 0.4) is 0 Å². The molecule has 3 rings (SSSR count). The van der Waals surface area contributed by atoms with Crippen molar-refractivity contribution < 1.29 is 4.79 Å². The number of benzene rings is 2. The molecule has 26 heavy (non-hydrogen) atoms. The van der Waals surface area contributed by atoms with Crippen LogP contribution in [-0.4, -0.2) is 25.5 Å². The van der Waals surface area contributed by atoms with Crippen LogP contribution in [0.4, 0.5) is 17.1 Å². The third-order valence-electron chi connectivity index (χ3n) is 4.83. The van der Waals surface area contributed by atoms with Gasteiger partial charge in [0.25, 0.3) is 0 Å². The van der Waals surface area contributed by atoms with Gasteiger partial charge in [0.05, 0.1) is 6.54 Å². The molecule has 2 aromatic rings. The second-order valence-electron chi connectivity index (χ2n) is 7.97. The fourth-order valence-electron chi connectivity index (χ4n) is 3.21. The summed E-state index contributed by atoms with van der Waals surface area (Å²) in [7, 11) is 0. The first kappa shape index (κ1) is 18.3. The van der Waals surface area contributed by atoms with Gasteiger partial charge in [-0.2, -0.15) is 0 Å². The lowest BCUT2D eigenvalue weighted by molar-refractivity contribution is -0.114. The molecule has 0 atom stereocenters. The molecule has 1 aliphatic rings. The summed E-state index contributed by atoms with van der Waals surface area (Å²) in [6.07, 6.45) is 2.53. The van der Waals surface area contributed by atoms with Crippen molar-refractivity contribution in [1.29, 1.82) is 0 Å². The molecule has 1 saturated heterocycles. The highest BCUT2D eigenvalue weighted by atomic mass is 16.1. The minimum atomic E-state index is -0.0428. The fourth-order valence-corrected chi connectivity index (χ4v) is 3.21. The van der Waals surface area contributed by atoms with Gasteiger partial charge in [-0.3, -0.25) is 4.79 Å². The number of anilines is 3. The Hall–Kier alpha value is -2.49. The van der Waals surface area contributed by atoms with E-state index in [9.17, 15) is 4.79 Å². The lowest BCUT2D eigenvalue weighted by Gasteiger charge is -2.19. The monoisotopic (exact) mass is 351 g/mol. The van der Waals surface area contributed by atoms with Crippen LogP contribution in [0.1, 0.15) is 39.2 Å². The minimum Gasteiger partial charge on any atom is -0.376 e. The molecule has 1 amide bonds. The Balaban J connectivity index is 1.49. The summed E-state index contributed by atoms with van der Waals surface area (Å²) in [6, 6.07) is 16.4. The van der Waals surface area contributed by atoms with Gasteiger partial charge in [0, 0.05) is 30.2 Å². The van der Waals surface area contributed by atoms with Crippen molar-refractivity contribution in [2.75, 3.05) is 35.2 Å². The Morgan fingerprint density at radius 2 is 1.50 bits per heavy atom. The molecular weight excluding hydrogens is 322 g/mol. The molecule has 2 N–H and O–H groups in total. The predicted octanol–water partition coefficient (Wildman–Crippen LogP) is 4.63. The molecule has 1 heterocycles. The number of carbonyl (C=O) groups is 1. The highest BCUT2D eigenvalue weighted by Crippen LogP contribution is 2.24. The maximum absolute atomic E-state index is 12.2. The maximum atomic E-state index is 12.2. The molecule has 0 aromatic heterocycles. The van der Waals surface area contributed by atoms with E-state index in [0.29, 0.717) is 0 Å². The summed E-state index contributed by atoms with van der Waals surface area (Å²) in [6.45, 7) is 9.09. The van der Waals surface area contributed by atoms with Crippen LogP contribution in [0.5, 0.6) is 0 Å². The topological polar surface area (TPSA) is 44.4 Å². The second-order valence-corrected chi connectivity index (χ2v) is 7.97. The lowest BCUT2D eigenvalue weighted by atomic mass is 9.87. The standard InChI is InChI=1S/C22H29N3O/c1-22(2,3)17-6-8-18(9-7-17)23-16-21(26)24-19-10-12-20(13-11-19)25-14-4-5-15-25/h6-13,23H,4-5,14-16H2,1-3H3,(H,24,26). The van der Waals surface area contributed by atoms with Crippen LogP contribution in [0, 0.1) is 0 Å². The second kappa shape index (κ2) is 7.81. The van der Waals surface area contributed by atoms with E-state index < -0.39 is 0 Å². The van der Waals surface area contributed by atoms with Crippen molar-refractivity contribution in [3.8, 4) is 0 Å². The largest absolute Gasteiger partial charge is 0.376 e. The zero-order chi connectivity index (χ0) is 18.6. The molecule has 2 aromatic carbocycles. The number of hydrogen-bond acceptors (Lipinski definition) is 3. The molecule has 0 spiro atoms. The number of rotatable bonds is 5. The summed E-state index contributed by atoms with van der Waals surface area (Å²) < 4.78 is 0. The van der Waals surface area contributed by atoms with E-state index in [0.717, 1.165) is 24.5 Å². The summed E-state index contributed by atoms with van der Waals surface area (Å²) in [5.74, 6) is -0.0428. The third kappa shape index (κ3) is 4.78. The first-order chi connectivity index (χ1) is 12.4. The van der Waals surface area contributed by atoms with E-state index in [2.05, 4.69) is 60.6 Å². The van der Waals surface area contributed by atoms with Crippen molar-refractivity contribution >= 4 is 23.0 Å². The highest BCUT2D eigenvalue weighted by molar-refractivity contribution is 5.93. The summed E-state index contributed by atoms with van der Waals surface area (Å²) in [5.41, 5.74) is 4.44. The molecule has 4 heteroatoms. The zero-order valence-electron chi connectivity index (χ0n) is 16.0. The van der Waals surface area contributed by atoms with Gasteiger partial charge < -0.3 is 15.5 Å². The Labute approximate surface area is 156 Å². The minimum absolute atomic E-state index is 0.0428. The Bertz CT molecular complexity index is 723. The van der Waals surface area contributed by atoms with Gasteiger partial charge in [0.15, 0.2) is 0 Å². The van der Waals surface area contributed by atoms with Gasteiger partial charge in [0.1, 0.15) is 0 Å². The Morgan fingerprint density at radius 1 is 0.923 bits per heavy atom. The summed E-state index contributed by atoms with van der Waals surface area (Å²) in [4.78, 5) is 14.6. The normalized spacial score (nSPS) is 14.3. The van der Waals surface area contributed by atoms with Crippen LogP contribution in [0.15, 0.2) is 48.5 Å². The quantitative estimate of drug-likeness (QED) is 0.825. The summed E-state index contributed by atoms with van der Waals surface area (Å²) in [5, 5.41) is 6.12. The van der Waals surface area contributed by atoms with Crippen molar-refractivity contribution in [3.05, 3.63) is 54.1 Å². The first-order valence-corrected chi connectivity index (χ1v) is 9.41. The van der Waals surface area contributed by atoms with Gasteiger partial charge in [-0.05, 0) is 60.2 Å². The third-order valence-corrected chi connectivity index (χ3v) is 4.83. The van der Waals surface area contributed by atoms with Gasteiger partial charge in [-0.15, -0.1) is 0 Å². The van der Waals surface area contributed by atoms with Crippen LogP contribution in [-0.2, 0) is 10.2 Å². The molecule has 4 nitrogen and oxygen atoms in total.